The van der Waals surface area contributed by atoms with E-state index in [1.807, 2.05) is 42.5 Å². The molecule has 0 unspecified atom stereocenters. The van der Waals surface area contributed by atoms with Gasteiger partial charge in [-0.15, -0.1) is 12.4 Å². The van der Waals surface area contributed by atoms with Crippen LogP contribution >= 0.6 is 24.0 Å². The summed E-state index contributed by atoms with van der Waals surface area (Å²) in [4.78, 5) is 2.62. The van der Waals surface area contributed by atoms with Crippen LogP contribution in [0.25, 0.3) is 0 Å². The lowest BCUT2D eigenvalue weighted by Gasteiger charge is -2.27. The largest absolute Gasteiger partial charge is 0.493 e. The zero-order chi connectivity index (χ0) is 23.8. The van der Waals surface area contributed by atoms with E-state index >= 15 is 0 Å². The smallest absolute Gasteiger partial charge is 0.264 e. The monoisotopic (exact) mass is 535 g/mol. The third-order valence-electron chi connectivity index (χ3n) is 5.82. The molecule has 1 fully saturated rings. The highest BCUT2D eigenvalue weighted by Gasteiger charge is 2.26. The molecule has 1 aliphatic rings. The normalized spacial score (nSPS) is 14.2. The number of piperazine rings is 1. The first-order valence-electron chi connectivity index (χ1n) is 11.5. The van der Waals surface area contributed by atoms with Crippen LogP contribution in [0.2, 0.25) is 5.02 Å². The molecule has 188 valence electrons. The fraction of sp³-hybridized carbons (Fsp3) is 0.308. The molecule has 1 saturated heterocycles. The van der Waals surface area contributed by atoms with Crippen LogP contribution in [0, 0.1) is 0 Å². The highest BCUT2D eigenvalue weighted by molar-refractivity contribution is 7.92. The number of hydrogen-bond donors (Lipinski definition) is 1. The van der Waals surface area contributed by atoms with Crippen LogP contribution < -0.4 is 14.4 Å². The van der Waals surface area contributed by atoms with Gasteiger partial charge in [0.25, 0.3) is 10.0 Å². The molecule has 3 aromatic carbocycles. The van der Waals surface area contributed by atoms with Gasteiger partial charge in [0.15, 0.2) is 0 Å². The number of para-hydroxylation sites is 2. The van der Waals surface area contributed by atoms with E-state index in [0.29, 0.717) is 23.1 Å². The number of sulfonamides is 1. The SMILES string of the molecule is Cl.O=S(=O)(c1ccc(Cl)cc1)N(Cc1ccccc1OCCCN1CCNCC1)c1ccccc1. The van der Waals surface area contributed by atoms with E-state index in [9.17, 15) is 8.42 Å². The number of benzene rings is 3. The van der Waals surface area contributed by atoms with E-state index in [2.05, 4.69) is 10.2 Å². The Balaban J connectivity index is 0.00000342. The number of nitrogens with zero attached hydrogens (tertiary/aromatic N) is 2. The summed E-state index contributed by atoms with van der Waals surface area (Å²) >= 11 is 5.99. The maximum Gasteiger partial charge on any atom is 0.264 e. The zero-order valence-corrected chi connectivity index (χ0v) is 21.9. The Hall–Kier alpha value is -2.29. The summed E-state index contributed by atoms with van der Waals surface area (Å²) in [6.45, 7) is 5.91. The van der Waals surface area contributed by atoms with Gasteiger partial charge in [0.1, 0.15) is 5.75 Å². The lowest BCUT2D eigenvalue weighted by molar-refractivity contribution is 0.213. The molecule has 3 aromatic rings. The average Bonchev–Trinajstić information content (AvgIpc) is 2.87. The molecule has 35 heavy (non-hydrogen) atoms. The maximum absolute atomic E-state index is 13.6. The van der Waals surface area contributed by atoms with Gasteiger partial charge in [0.05, 0.1) is 23.7 Å². The van der Waals surface area contributed by atoms with Gasteiger partial charge in [0, 0.05) is 43.3 Å². The summed E-state index contributed by atoms with van der Waals surface area (Å²) in [6.07, 6.45) is 0.916. The van der Waals surface area contributed by atoms with Gasteiger partial charge in [-0.2, -0.15) is 0 Å². The van der Waals surface area contributed by atoms with Crippen LogP contribution in [0.4, 0.5) is 5.69 Å². The van der Waals surface area contributed by atoms with Crippen LogP contribution in [0.1, 0.15) is 12.0 Å². The average molecular weight is 537 g/mol. The molecular weight excluding hydrogens is 505 g/mol. The molecular formula is C26H31Cl2N3O3S. The zero-order valence-electron chi connectivity index (χ0n) is 19.5. The second kappa shape index (κ2) is 13.1. The van der Waals surface area contributed by atoms with Gasteiger partial charge < -0.3 is 15.0 Å². The molecule has 1 aliphatic heterocycles. The maximum atomic E-state index is 13.6. The molecule has 0 saturated carbocycles. The third kappa shape index (κ3) is 7.35. The summed E-state index contributed by atoms with van der Waals surface area (Å²) in [5, 5.41) is 3.85. The predicted octanol–water partition coefficient (Wildman–Crippen LogP) is 4.83. The van der Waals surface area contributed by atoms with Crippen molar-refractivity contribution in [1.82, 2.24) is 10.2 Å². The fourth-order valence-electron chi connectivity index (χ4n) is 3.98. The summed E-state index contributed by atoms with van der Waals surface area (Å²) in [6, 6.07) is 23.0. The Bertz CT molecular complexity index is 1160. The van der Waals surface area contributed by atoms with Crippen LogP contribution in [0.3, 0.4) is 0 Å². The van der Waals surface area contributed by atoms with E-state index in [-0.39, 0.29) is 23.8 Å². The first-order chi connectivity index (χ1) is 16.5. The summed E-state index contributed by atoms with van der Waals surface area (Å²) in [5.74, 6) is 0.704. The quantitative estimate of drug-likeness (QED) is 0.376. The van der Waals surface area contributed by atoms with Gasteiger partial charge in [-0.3, -0.25) is 4.31 Å². The molecule has 0 radical (unpaired) electrons. The van der Waals surface area contributed by atoms with Gasteiger partial charge in [-0.1, -0.05) is 48.0 Å². The van der Waals surface area contributed by atoms with Crippen molar-refractivity contribution in [2.75, 3.05) is 43.6 Å². The topological polar surface area (TPSA) is 61.9 Å². The van der Waals surface area contributed by atoms with E-state index in [1.54, 1.807) is 24.3 Å². The molecule has 1 heterocycles. The van der Waals surface area contributed by atoms with E-state index in [4.69, 9.17) is 16.3 Å². The number of rotatable bonds is 10. The molecule has 4 rings (SSSR count). The predicted molar refractivity (Wildman–Crippen MR) is 144 cm³/mol. The van der Waals surface area contributed by atoms with Crippen molar-refractivity contribution in [3.63, 3.8) is 0 Å². The lowest BCUT2D eigenvalue weighted by Crippen LogP contribution is -2.44. The molecule has 6 nitrogen and oxygen atoms in total. The van der Waals surface area contributed by atoms with Crippen molar-refractivity contribution in [1.29, 1.82) is 0 Å². The number of anilines is 1. The minimum atomic E-state index is -3.82. The number of halogens is 2. The summed E-state index contributed by atoms with van der Waals surface area (Å²) in [5.41, 5.74) is 1.40. The van der Waals surface area contributed by atoms with Gasteiger partial charge in [0.2, 0.25) is 0 Å². The molecule has 0 amide bonds. The lowest BCUT2D eigenvalue weighted by atomic mass is 10.2. The Morgan fingerprint density at radius 3 is 2.29 bits per heavy atom. The second-order valence-electron chi connectivity index (χ2n) is 8.20. The molecule has 0 bridgehead atoms. The van der Waals surface area contributed by atoms with E-state index < -0.39 is 10.0 Å². The molecule has 0 atom stereocenters. The summed E-state index contributed by atoms with van der Waals surface area (Å²) < 4.78 is 34.8. The van der Waals surface area contributed by atoms with Gasteiger partial charge in [-0.25, -0.2) is 8.42 Å². The van der Waals surface area contributed by atoms with Crippen molar-refractivity contribution in [3.05, 3.63) is 89.4 Å². The first kappa shape index (κ1) is 27.3. The fourth-order valence-corrected chi connectivity index (χ4v) is 5.55. The number of nitrogens with one attached hydrogen (secondary N) is 1. The minimum Gasteiger partial charge on any atom is -0.493 e. The van der Waals surface area contributed by atoms with Crippen LogP contribution in [0.5, 0.6) is 5.75 Å². The summed E-state index contributed by atoms with van der Waals surface area (Å²) in [7, 11) is -3.82. The number of hydrogen-bond acceptors (Lipinski definition) is 5. The van der Waals surface area contributed by atoms with Crippen molar-refractivity contribution >= 4 is 39.7 Å². The Kier molecular flexibility index (Phi) is 10.2. The van der Waals surface area contributed by atoms with Crippen LogP contribution in [-0.4, -0.2) is 52.6 Å². The Labute approximate surface area is 219 Å². The van der Waals surface area contributed by atoms with Crippen molar-refractivity contribution in [2.24, 2.45) is 0 Å². The second-order valence-corrected chi connectivity index (χ2v) is 10.5. The van der Waals surface area contributed by atoms with Crippen molar-refractivity contribution in [3.8, 4) is 5.75 Å². The van der Waals surface area contributed by atoms with Gasteiger partial charge in [-0.05, 0) is 48.9 Å². The van der Waals surface area contributed by atoms with E-state index in [0.717, 1.165) is 44.7 Å². The van der Waals surface area contributed by atoms with Gasteiger partial charge >= 0.3 is 0 Å². The highest BCUT2D eigenvalue weighted by Crippen LogP contribution is 2.29. The number of ether oxygens (including phenoxy) is 1. The molecule has 1 N–H and O–H groups in total. The van der Waals surface area contributed by atoms with Crippen LogP contribution in [0.15, 0.2) is 83.8 Å². The highest BCUT2D eigenvalue weighted by atomic mass is 35.5. The first-order valence-corrected chi connectivity index (χ1v) is 13.3. The molecule has 0 spiro atoms. The van der Waals surface area contributed by atoms with Crippen molar-refractivity contribution < 1.29 is 13.2 Å². The Morgan fingerprint density at radius 2 is 1.57 bits per heavy atom. The van der Waals surface area contributed by atoms with Crippen molar-refractivity contribution in [2.45, 2.75) is 17.9 Å². The third-order valence-corrected chi connectivity index (χ3v) is 7.86. The standard InChI is InChI=1S/C26H30ClN3O3S.ClH/c27-23-11-13-25(14-12-23)34(31,32)30(24-8-2-1-3-9-24)21-22-7-4-5-10-26(22)33-20-6-17-29-18-15-28-16-19-29;/h1-5,7-14,28H,6,15-21H2;1H. The molecule has 0 aliphatic carbocycles. The van der Waals surface area contributed by atoms with E-state index in [1.165, 1.54) is 16.4 Å². The van der Waals surface area contributed by atoms with Crippen LogP contribution in [-0.2, 0) is 16.6 Å². The molecule has 0 aromatic heterocycles. The minimum absolute atomic E-state index is 0. The Morgan fingerprint density at radius 1 is 0.914 bits per heavy atom. The molecule has 9 heteroatoms.